The van der Waals surface area contributed by atoms with Crippen molar-refractivity contribution in [2.45, 2.75) is 17.7 Å². The number of carboxylic acid groups (broad SMARTS) is 1. The number of hydrogen-bond donors (Lipinski definition) is 2. The van der Waals surface area contributed by atoms with Crippen molar-refractivity contribution >= 4 is 16.0 Å². The first kappa shape index (κ1) is 13.4. The zero-order valence-electron chi connectivity index (χ0n) is 9.20. The van der Waals surface area contributed by atoms with E-state index in [0.29, 0.717) is 0 Å². The van der Waals surface area contributed by atoms with Crippen molar-refractivity contribution in [1.29, 1.82) is 0 Å². The summed E-state index contributed by atoms with van der Waals surface area (Å²) in [6.07, 6.45) is 2.58. The van der Waals surface area contributed by atoms with Crippen molar-refractivity contribution in [3.05, 3.63) is 42.0 Å². The fourth-order valence-corrected chi connectivity index (χ4v) is 1.81. The molecule has 0 spiro atoms. The molecule has 5 nitrogen and oxygen atoms in total. The summed E-state index contributed by atoms with van der Waals surface area (Å²) in [5, 5.41) is 13.4. The largest absolute Gasteiger partial charge is 0.478 e. The first-order valence-electron chi connectivity index (χ1n) is 4.84. The minimum Gasteiger partial charge on any atom is -0.478 e. The van der Waals surface area contributed by atoms with Gasteiger partial charge in [0.05, 0.1) is 4.90 Å². The van der Waals surface area contributed by atoms with E-state index < -0.39 is 16.0 Å². The van der Waals surface area contributed by atoms with E-state index in [1.165, 1.54) is 18.2 Å². The Labute approximate surface area is 99.6 Å². The molecular weight excluding hydrogens is 242 g/mol. The van der Waals surface area contributed by atoms with Gasteiger partial charge < -0.3 is 5.11 Å². The molecule has 1 rings (SSSR count). The van der Waals surface area contributed by atoms with E-state index >= 15 is 0 Å². The predicted molar refractivity (Wildman–Crippen MR) is 63.0 cm³/mol. The Bertz CT molecular complexity index is 531. The maximum Gasteiger partial charge on any atom is 0.327 e. The van der Waals surface area contributed by atoms with Crippen molar-refractivity contribution in [1.82, 2.24) is 0 Å². The van der Waals surface area contributed by atoms with E-state index in [4.69, 9.17) is 10.2 Å². The number of benzene rings is 1. The van der Waals surface area contributed by atoms with E-state index in [-0.39, 0.29) is 10.8 Å². The number of allylic oxidation sites excluding steroid dienone is 1. The van der Waals surface area contributed by atoms with Crippen LogP contribution in [0.15, 0.2) is 41.3 Å². The average Bonchev–Trinajstić information content (AvgIpc) is 2.25. The molecule has 1 aromatic rings. The van der Waals surface area contributed by atoms with E-state index in [1.54, 1.807) is 12.1 Å². The Morgan fingerprint density at radius 3 is 2.29 bits per heavy atom. The number of hydrogen-bond acceptors (Lipinski definition) is 3. The van der Waals surface area contributed by atoms with Crippen molar-refractivity contribution in [3.63, 3.8) is 0 Å². The molecule has 0 radical (unpaired) electrons. The van der Waals surface area contributed by atoms with Gasteiger partial charge in [-0.05, 0) is 23.6 Å². The molecule has 6 heteroatoms. The van der Waals surface area contributed by atoms with E-state index in [2.05, 4.69) is 0 Å². The third-order valence-electron chi connectivity index (χ3n) is 2.26. The Hall–Kier alpha value is -1.66. The van der Waals surface area contributed by atoms with E-state index in [1.807, 2.05) is 6.92 Å². The van der Waals surface area contributed by atoms with E-state index in [0.717, 1.165) is 11.6 Å². The molecule has 0 aromatic heterocycles. The van der Waals surface area contributed by atoms with Crippen LogP contribution < -0.4 is 5.14 Å². The number of carbonyl (C=O) groups is 1. The van der Waals surface area contributed by atoms with Crippen molar-refractivity contribution in [2.24, 2.45) is 5.14 Å². The zero-order valence-corrected chi connectivity index (χ0v) is 10.0. The van der Waals surface area contributed by atoms with Crippen LogP contribution in [0.2, 0.25) is 0 Å². The van der Waals surface area contributed by atoms with Gasteiger partial charge in [-0.1, -0.05) is 25.1 Å². The molecule has 0 amide bonds. The highest BCUT2D eigenvalue weighted by Crippen LogP contribution is 2.18. The van der Waals surface area contributed by atoms with Crippen LogP contribution in [0.4, 0.5) is 0 Å². The lowest BCUT2D eigenvalue weighted by molar-refractivity contribution is -0.131. The molecule has 0 fully saturated rings. The van der Waals surface area contributed by atoms with Gasteiger partial charge >= 0.3 is 5.97 Å². The van der Waals surface area contributed by atoms with Crippen LogP contribution in [0.1, 0.15) is 18.4 Å². The molecule has 0 saturated heterocycles. The molecule has 17 heavy (non-hydrogen) atoms. The third kappa shape index (κ3) is 4.01. The van der Waals surface area contributed by atoms with Gasteiger partial charge in [-0.15, -0.1) is 0 Å². The quantitative estimate of drug-likeness (QED) is 0.786. The normalized spacial score (nSPS) is 13.8. The second kappa shape index (κ2) is 5.11. The van der Waals surface area contributed by atoms with Crippen LogP contribution in [0.25, 0.3) is 0 Å². The van der Waals surface area contributed by atoms with Crippen LogP contribution in [-0.4, -0.2) is 19.5 Å². The summed E-state index contributed by atoms with van der Waals surface area (Å²) in [6, 6.07) is 6.01. The summed E-state index contributed by atoms with van der Waals surface area (Å²) >= 11 is 0. The van der Waals surface area contributed by atoms with Crippen molar-refractivity contribution in [3.8, 4) is 0 Å². The second-order valence-corrected chi connectivity index (χ2v) is 5.16. The zero-order chi connectivity index (χ0) is 13.1. The van der Waals surface area contributed by atoms with Gasteiger partial charge in [0.1, 0.15) is 0 Å². The lowest BCUT2D eigenvalue weighted by atomic mass is 10.0. The molecule has 0 heterocycles. The summed E-state index contributed by atoms with van der Waals surface area (Å²) < 4.78 is 22.0. The molecular formula is C11H13NO4S. The highest BCUT2D eigenvalue weighted by molar-refractivity contribution is 7.89. The van der Waals surface area contributed by atoms with Crippen LogP contribution in [-0.2, 0) is 14.8 Å². The lowest BCUT2D eigenvalue weighted by Gasteiger charge is -2.06. The molecule has 92 valence electrons. The van der Waals surface area contributed by atoms with Crippen LogP contribution in [0.3, 0.4) is 0 Å². The highest BCUT2D eigenvalue weighted by Gasteiger charge is 2.08. The molecule has 0 aliphatic carbocycles. The molecule has 0 bridgehead atoms. The summed E-state index contributed by atoms with van der Waals surface area (Å²) in [4.78, 5) is 10.4. The molecule has 0 aliphatic heterocycles. The number of primary sulfonamides is 1. The Morgan fingerprint density at radius 1 is 1.35 bits per heavy atom. The fourth-order valence-electron chi connectivity index (χ4n) is 1.30. The Kier molecular flexibility index (Phi) is 4.03. The first-order chi connectivity index (χ1) is 7.80. The van der Waals surface area contributed by atoms with Gasteiger partial charge in [-0.25, -0.2) is 18.4 Å². The van der Waals surface area contributed by atoms with Gasteiger partial charge in [0, 0.05) is 6.08 Å². The SMILES string of the molecule is CC(/C=C/C(=O)O)c1ccc(S(N)(=O)=O)cc1. The number of rotatable bonds is 4. The van der Waals surface area contributed by atoms with Crippen molar-refractivity contribution < 1.29 is 18.3 Å². The lowest BCUT2D eigenvalue weighted by Crippen LogP contribution is -2.11. The second-order valence-electron chi connectivity index (χ2n) is 3.60. The minimum atomic E-state index is -3.68. The first-order valence-corrected chi connectivity index (χ1v) is 6.39. The monoisotopic (exact) mass is 255 g/mol. The average molecular weight is 255 g/mol. The van der Waals surface area contributed by atoms with Crippen LogP contribution in [0, 0.1) is 0 Å². The van der Waals surface area contributed by atoms with Gasteiger partial charge in [0.25, 0.3) is 0 Å². The third-order valence-corrected chi connectivity index (χ3v) is 3.19. The number of nitrogens with two attached hydrogens (primary N) is 1. The number of aliphatic carboxylic acids is 1. The van der Waals surface area contributed by atoms with Gasteiger partial charge in [-0.3, -0.25) is 0 Å². The fraction of sp³-hybridized carbons (Fsp3) is 0.182. The highest BCUT2D eigenvalue weighted by atomic mass is 32.2. The topological polar surface area (TPSA) is 97.5 Å². The maximum absolute atomic E-state index is 11.0. The maximum atomic E-state index is 11.0. The summed E-state index contributed by atoms with van der Waals surface area (Å²) in [5.74, 6) is -1.13. The van der Waals surface area contributed by atoms with Gasteiger partial charge in [-0.2, -0.15) is 0 Å². The molecule has 3 N–H and O–H groups in total. The molecule has 1 aromatic carbocycles. The Balaban J connectivity index is 2.92. The number of sulfonamides is 1. The molecule has 0 saturated carbocycles. The van der Waals surface area contributed by atoms with Crippen molar-refractivity contribution in [2.75, 3.05) is 0 Å². The molecule has 1 atom stereocenters. The number of carboxylic acids is 1. The minimum absolute atomic E-state index is 0.0377. The van der Waals surface area contributed by atoms with Crippen LogP contribution in [0.5, 0.6) is 0 Å². The predicted octanol–water partition coefficient (Wildman–Crippen LogP) is 1.08. The van der Waals surface area contributed by atoms with Crippen LogP contribution >= 0.6 is 0 Å². The van der Waals surface area contributed by atoms with E-state index in [9.17, 15) is 13.2 Å². The van der Waals surface area contributed by atoms with Gasteiger partial charge in [0.15, 0.2) is 0 Å². The summed E-state index contributed by atoms with van der Waals surface area (Å²) in [5.41, 5.74) is 0.815. The summed E-state index contributed by atoms with van der Waals surface area (Å²) in [7, 11) is -3.68. The standard InChI is InChI=1S/C11H13NO4S/c1-8(2-7-11(13)14)9-3-5-10(6-4-9)17(12,15)16/h2-8H,1H3,(H,13,14)(H2,12,15,16)/b7-2+. The summed E-state index contributed by atoms with van der Waals surface area (Å²) in [6.45, 7) is 1.81. The Morgan fingerprint density at radius 2 is 1.88 bits per heavy atom. The van der Waals surface area contributed by atoms with Gasteiger partial charge in [0.2, 0.25) is 10.0 Å². The molecule has 0 aliphatic rings. The smallest absolute Gasteiger partial charge is 0.327 e. The molecule has 1 unspecified atom stereocenters.